The van der Waals surface area contributed by atoms with E-state index in [0.29, 0.717) is 5.92 Å². The highest BCUT2D eigenvalue weighted by Gasteiger charge is 2.39. The molecule has 0 saturated carbocycles. The fourth-order valence-corrected chi connectivity index (χ4v) is 8.27. The first-order valence-corrected chi connectivity index (χ1v) is 15.6. The van der Waals surface area contributed by atoms with Crippen LogP contribution in [0.3, 0.4) is 0 Å². The van der Waals surface area contributed by atoms with Crippen molar-refractivity contribution < 1.29 is 0 Å². The van der Waals surface area contributed by atoms with Gasteiger partial charge in [-0.15, -0.1) is 0 Å². The second-order valence-corrected chi connectivity index (χ2v) is 12.9. The second kappa shape index (κ2) is 9.12. The van der Waals surface area contributed by atoms with Crippen molar-refractivity contribution in [3.63, 3.8) is 0 Å². The topological polar surface area (TPSA) is 12.9 Å². The van der Waals surface area contributed by atoms with Crippen LogP contribution in [0.4, 0.5) is 0 Å². The quantitative estimate of drug-likeness (QED) is 0.213. The van der Waals surface area contributed by atoms with Crippen LogP contribution in [0.15, 0.2) is 133 Å². The van der Waals surface area contributed by atoms with Gasteiger partial charge in [0.05, 0.1) is 11.2 Å². The van der Waals surface area contributed by atoms with Gasteiger partial charge in [-0.2, -0.15) is 0 Å². The molecule has 1 atom stereocenters. The molecule has 0 N–H and O–H groups in total. The second-order valence-electron chi connectivity index (χ2n) is 12.9. The molecule has 206 valence electrons. The van der Waals surface area contributed by atoms with E-state index < -0.39 is 0 Å². The lowest BCUT2D eigenvalue weighted by molar-refractivity contribution is 0.662. The van der Waals surface area contributed by atoms with Crippen molar-refractivity contribution in [1.29, 1.82) is 0 Å². The SMILES string of the molecule is CC1(C)c2ccccc2-c2nc3ccccc3c(-c3ccc(C4=CCC5C(=C4)C4=C(C=CCC4)c4ccccc45)cc3)c21. The monoisotopic (exact) mass is 551 g/mol. The Morgan fingerprint density at radius 1 is 0.767 bits per heavy atom. The van der Waals surface area contributed by atoms with E-state index in [4.69, 9.17) is 4.98 Å². The van der Waals surface area contributed by atoms with Crippen LogP contribution in [0.1, 0.15) is 66.8 Å². The molecule has 0 spiro atoms. The Morgan fingerprint density at radius 3 is 2.40 bits per heavy atom. The van der Waals surface area contributed by atoms with Gasteiger partial charge >= 0.3 is 0 Å². The lowest BCUT2D eigenvalue weighted by Crippen LogP contribution is -2.17. The highest BCUT2D eigenvalue weighted by molar-refractivity contribution is 6.02. The number of fused-ring (bicyclic) bond motifs is 9. The van der Waals surface area contributed by atoms with Crippen LogP contribution in [0.5, 0.6) is 0 Å². The minimum atomic E-state index is -0.126. The zero-order valence-electron chi connectivity index (χ0n) is 24.7. The lowest BCUT2D eigenvalue weighted by Gasteiger charge is -2.35. The summed E-state index contributed by atoms with van der Waals surface area (Å²) in [5.41, 5.74) is 18.7. The number of pyridine rings is 1. The highest BCUT2D eigenvalue weighted by atomic mass is 14.7. The van der Waals surface area contributed by atoms with Gasteiger partial charge in [-0.25, -0.2) is 4.98 Å². The van der Waals surface area contributed by atoms with Crippen LogP contribution in [-0.4, -0.2) is 4.98 Å². The van der Waals surface area contributed by atoms with E-state index in [-0.39, 0.29) is 5.41 Å². The normalized spacial score (nSPS) is 19.2. The Labute approximate surface area is 253 Å². The smallest absolute Gasteiger partial charge is 0.0759 e. The summed E-state index contributed by atoms with van der Waals surface area (Å²) in [6.45, 7) is 4.71. The van der Waals surface area contributed by atoms with Crippen LogP contribution in [0, 0.1) is 0 Å². The van der Waals surface area contributed by atoms with E-state index in [0.717, 1.165) is 30.5 Å². The fraction of sp³-hybridized carbons (Fsp3) is 0.167. The highest BCUT2D eigenvalue weighted by Crippen LogP contribution is 2.54. The number of benzene rings is 4. The van der Waals surface area contributed by atoms with Crippen LogP contribution in [0.2, 0.25) is 0 Å². The molecular formula is C42H33N. The van der Waals surface area contributed by atoms with Crippen molar-refractivity contribution >= 4 is 22.0 Å². The first-order valence-electron chi connectivity index (χ1n) is 15.6. The van der Waals surface area contributed by atoms with Crippen molar-refractivity contribution in [2.75, 3.05) is 0 Å². The third kappa shape index (κ3) is 3.55. The minimum absolute atomic E-state index is 0.126. The summed E-state index contributed by atoms with van der Waals surface area (Å²) in [6.07, 6.45) is 13.0. The summed E-state index contributed by atoms with van der Waals surface area (Å²) in [6, 6.07) is 35.8. The van der Waals surface area contributed by atoms with Gasteiger partial charge in [0.2, 0.25) is 0 Å². The van der Waals surface area contributed by atoms with Crippen LogP contribution in [0.25, 0.3) is 44.4 Å². The molecule has 1 heterocycles. The Morgan fingerprint density at radius 2 is 1.51 bits per heavy atom. The Kier molecular flexibility index (Phi) is 5.26. The molecular weight excluding hydrogens is 518 g/mol. The summed E-state index contributed by atoms with van der Waals surface area (Å²) < 4.78 is 0. The van der Waals surface area contributed by atoms with Crippen LogP contribution >= 0.6 is 0 Å². The van der Waals surface area contributed by atoms with Gasteiger partial charge in [0.25, 0.3) is 0 Å². The Hall–Kier alpha value is -4.75. The predicted octanol–water partition coefficient (Wildman–Crippen LogP) is 10.8. The van der Waals surface area contributed by atoms with Gasteiger partial charge in [-0.05, 0) is 86.6 Å². The van der Waals surface area contributed by atoms with Crippen molar-refractivity contribution in [3.8, 4) is 22.4 Å². The molecule has 5 aromatic rings. The molecule has 43 heavy (non-hydrogen) atoms. The standard InChI is InChI=1S/C42H33N/c1-42(2)37-17-9-7-15-34(37)41-40(42)39(35-16-8-10-18-38(35)43-41)27-21-19-26(20-22-27)28-23-24-33-31-13-4-3-11-29(31)30-12-5-6-14-32(30)36(33)25-28/h3-5,7-13,15-23,25,33H,6,14,24H2,1-2H3. The Bertz CT molecular complexity index is 2110. The van der Waals surface area contributed by atoms with Gasteiger partial charge in [0, 0.05) is 22.3 Å². The third-order valence-electron chi connectivity index (χ3n) is 10.3. The predicted molar refractivity (Wildman–Crippen MR) is 180 cm³/mol. The molecule has 4 aromatic carbocycles. The molecule has 9 rings (SSSR count). The Balaban J connectivity index is 1.16. The van der Waals surface area contributed by atoms with E-state index in [1.165, 1.54) is 66.6 Å². The van der Waals surface area contributed by atoms with E-state index in [1.54, 1.807) is 5.57 Å². The van der Waals surface area contributed by atoms with Crippen molar-refractivity contribution in [2.24, 2.45) is 0 Å². The molecule has 0 bridgehead atoms. The summed E-state index contributed by atoms with van der Waals surface area (Å²) >= 11 is 0. The molecule has 4 aliphatic carbocycles. The zero-order valence-corrected chi connectivity index (χ0v) is 24.7. The van der Waals surface area contributed by atoms with E-state index in [1.807, 2.05) is 0 Å². The first-order chi connectivity index (χ1) is 21.1. The molecule has 1 heteroatoms. The van der Waals surface area contributed by atoms with Gasteiger partial charge in [-0.3, -0.25) is 0 Å². The zero-order chi connectivity index (χ0) is 28.7. The molecule has 1 nitrogen and oxygen atoms in total. The number of para-hydroxylation sites is 1. The minimum Gasteiger partial charge on any atom is -0.247 e. The van der Waals surface area contributed by atoms with Gasteiger partial charge in [0.15, 0.2) is 0 Å². The van der Waals surface area contributed by atoms with E-state index in [2.05, 4.69) is 135 Å². The first kappa shape index (κ1) is 24.8. The number of aromatic nitrogens is 1. The van der Waals surface area contributed by atoms with Crippen LogP contribution < -0.4 is 0 Å². The molecule has 0 saturated heterocycles. The average Bonchev–Trinajstić information content (AvgIpc) is 3.29. The van der Waals surface area contributed by atoms with Crippen molar-refractivity contribution in [2.45, 2.75) is 44.4 Å². The number of nitrogens with zero attached hydrogens (tertiary/aromatic N) is 1. The van der Waals surface area contributed by atoms with Gasteiger partial charge in [-0.1, -0.05) is 129 Å². The molecule has 0 aliphatic heterocycles. The van der Waals surface area contributed by atoms with Crippen molar-refractivity contribution in [1.82, 2.24) is 4.98 Å². The number of rotatable bonds is 2. The molecule has 0 radical (unpaired) electrons. The maximum absolute atomic E-state index is 5.23. The maximum Gasteiger partial charge on any atom is 0.0759 e. The fourth-order valence-electron chi connectivity index (χ4n) is 8.27. The van der Waals surface area contributed by atoms with E-state index in [9.17, 15) is 0 Å². The molecule has 0 fully saturated rings. The number of allylic oxidation sites excluding steroid dienone is 8. The van der Waals surface area contributed by atoms with Crippen molar-refractivity contribution in [3.05, 3.63) is 160 Å². The summed E-state index contributed by atoms with van der Waals surface area (Å²) in [4.78, 5) is 5.23. The number of hydrogen-bond donors (Lipinski definition) is 0. The molecule has 4 aliphatic rings. The lowest BCUT2D eigenvalue weighted by atomic mass is 9.69. The van der Waals surface area contributed by atoms with Gasteiger partial charge in [0.1, 0.15) is 0 Å². The maximum atomic E-state index is 5.23. The van der Waals surface area contributed by atoms with Gasteiger partial charge < -0.3 is 0 Å². The number of hydrogen-bond acceptors (Lipinski definition) is 1. The van der Waals surface area contributed by atoms with Crippen LogP contribution in [-0.2, 0) is 5.41 Å². The summed E-state index contributed by atoms with van der Waals surface area (Å²) in [7, 11) is 0. The third-order valence-corrected chi connectivity index (χ3v) is 10.3. The molecule has 0 amide bonds. The molecule has 1 aromatic heterocycles. The van der Waals surface area contributed by atoms with E-state index >= 15 is 0 Å². The summed E-state index contributed by atoms with van der Waals surface area (Å²) in [5, 5.41) is 1.22. The largest absolute Gasteiger partial charge is 0.247 e. The molecule has 1 unspecified atom stereocenters. The average molecular weight is 552 g/mol. The summed E-state index contributed by atoms with van der Waals surface area (Å²) in [5.74, 6) is 0.458.